The van der Waals surface area contributed by atoms with Gasteiger partial charge in [0.05, 0.1) is 11.7 Å². The molecule has 5 nitrogen and oxygen atoms in total. The molecule has 1 aromatic rings. The maximum atomic E-state index is 13.2. The van der Waals surface area contributed by atoms with E-state index >= 15 is 0 Å². The van der Waals surface area contributed by atoms with E-state index in [4.69, 9.17) is 0 Å². The highest BCUT2D eigenvalue weighted by atomic mass is 19.4. The van der Waals surface area contributed by atoms with Gasteiger partial charge in [-0.3, -0.25) is 9.59 Å². The maximum absolute atomic E-state index is 13.2. The van der Waals surface area contributed by atoms with E-state index in [0.717, 1.165) is 6.07 Å². The predicted octanol–water partition coefficient (Wildman–Crippen LogP) is 1.77. The number of nitrogens with one attached hydrogen (secondary N) is 1. The number of anilines is 1. The Labute approximate surface area is 128 Å². The summed E-state index contributed by atoms with van der Waals surface area (Å²) in [7, 11) is 0. The number of halogens is 4. The Balaban J connectivity index is 2.07. The van der Waals surface area contributed by atoms with Crippen LogP contribution in [0.25, 0.3) is 0 Å². The van der Waals surface area contributed by atoms with Gasteiger partial charge in [0.1, 0.15) is 5.82 Å². The van der Waals surface area contributed by atoms with Gasteiger partial charge in [-0.25, -0.2) is 4.39 Å². The van der Waals surface area contributed by atoms with Crippen LogP contribution in [-0.2, 0) is 15.8 Å². The lowest BCUT2D eigenvalue weighted by atomic mass is 10.1. The van der Waals surface area contributed by atoms with Gasteiger partial charge in [0, 0.05) is 18.8 Å². The Morgan fingerprint density at radius 2 is 1.83 bits per heavy atom. The first kappa shape index (κ1) is 17.2. The van der Waals surface area contributed by atoms with Gasteiger partial charge < -0.3 is 15.3 Å². The molecule has 0 radical (unpaired) electrons. The smallest absolute Gasteiger partial charge is 0.393 e. The third-order valence-electron chi connectivity index (χ3n) is 3.48. The van der Waals surface area contributed by atoms with Crippen LogP contribution in [-0.4, -0.2) is 41.0 Å². The van der Waals surface area contributed by atoms with Gasteiger partial charge in [0.25, 0.3) is 0 Å². The molecule has 9 heteroatoms. The Kier molecular flexibility index (Phi) is 4.88. The van der Waals surface area contributed by atoms with Gasteiger partial charge in [0.2, 0.25) is 0 Å². The molecule has 0 aromatic heterocycles. The number of benzene rings is 1. The molecule has 0 bridgehead atoms. The second kappa shape index (κ2) is 6.53. The predicted molar refractivity (Wildman–Crippen MR) is 71.9 cm³/mol. The van der Waals surface area contributed by atoms with Gasteiger partial charge in [-0.15, -0.1) is 0 Å². The summed E-state index contributed by atoms with van der Waals surface area (Å²) < 4.78 is 51.0. The molecule has 1 fully saturated rings. The van der Waals surface area contributed by atoms with Crippen molar-refractivity contribution in [2.24, 2.45) is 0 Å². The Morgan fingerprint density at radius 3 is 2.39 bits per heavy atom. The standard InChI is InChI=1S/C14H14F4N2O3/c15-11-2-1-8(7-10(11)14(16,17)18)19-12(22)13(23)20-5-3-9(21)4-6-20/h1-2,7,9,21H,3-6H2,(H,19,22). The third kappa shape index (κ3) is 4.19. The van der Waals surface area contributed by atoms with Gasteiger partial charge in [-0.1, -0.05) is 0 Å². The highest BCUT2D eigenvalue weighted by Gasteiger charge is 2.34. The first-order valence-electron chi connectivity index (χ1n) is 6.83. The van der Waals surface area contributed by atoms with E-state index in [0.29, 0.717) is 25.0 Å². The van der Waals surface area contributed by atoms with Crippen LogP contribution in [0, 0.1) is 5.82 Å². The largest absolute Gasteiger partial charge is 0.419 e. The Bertz CT molecular complexity index is 611. The molecule has 2 N–H and O–H groups in total. The van der Waals surface area contributed by atoms with Crippen molar-refractivity contribution in [3.8, 4) is 0 Å². The first-order chi connectivity index (χ1) is 10.7. The van der Waals surface area contributed by atoms with Crippen molar-refractivity contribution >= 4 is 17.5 Å². The summed E-state index contributed by atoms with van der Waals surface area (Å²) in [4.78, 5) is 24.9. The molecule has 1 heterocycles. The van der Waals surface area contributed by atoms with E-state index in [2.05, 4.69) is 0 Å². The fourth-order valence-corrected chi connectivity index (χ4v) is 2.22. The molecule has 2 rings (SSSR count). The van der Waals surface area contributed by atoms with Crippen molar-refractivity contribution in [3.63, 3.8) is 0 Å². The topological polar surface area (TPSA) is 69.6 Å². The fourth-order valence-electron chi connectivity index (χ4n) is 2.22. The molecule has 0 unspecified atom stereocenters. The van der Waals surface area contributed by atoms with E-state index in [-0.39, 0.29) is 18.8 Å². The van der Waals surface area contributed by atoms with Crippen LogP contribution in [0.5, 0.6) is 0 Å². The lowest BCUT2D eigenvalue weighted by Crippen LogP contribution is -2.45. The molecule has 0 atom stereocenters. The average molecular weight is 334 g/mol. The lowest BCUT2D eigenvalue weighted by Gasteiger charge is -2.28. The van der Waals surface area contributed by atoms with Crippen molar-refractivity contribution in [2.75, 3.05) is 18.4 Å². The summed E-state index contributed by atoms with van der Waals surface area (Å²) in [6.45, 7) is 0.370. The summed E-state index contributed by atoms with van der Waals surface area (Å²) in [5, 5.41) is 11.4. The van der Waals surface area contributed by atoms with Crippen LogP contribution < -0.4 is 5.32 Å². The summed E-state index contributed by atoms with van der Waals surface area (Å²) >= 11 is 0. The number of nitrogens with zero attached hydrogens (tertiary/aromatic N) is 1. The van der Waals surface area contributed by atoms with Crippen molar-refractivity contribution in [2.45, 2.75) is 25.1 Å². The number of alkyl halides is 3. The quantitative estimate of drug-likeness (QED) is 0.607. The number of amides is 2. The summed E-state index contributed by atoms with van der Waals surface area (Å²) in [5.41, 5.74) is -1.85. The van der Waals surface area contributed by atoms with Crippen molar-refractivity contribution in [1.82, 2.24) is 4.90 Å². The van der Waals surface area contributed by atoms with Crippen molar-refractivity contribution < 1.29 is 32.3 Å². The summed E-state index contributed by atoms with van der Waals surface area (Å²) in [6.07, 6.45) is -4.78. The highest BCUT2D eigenvalue weighted by Crippen LogP contribution is 2.33. The molecule has 1 saturated heterocycles. The third-order valence-corrected chi connectivity index (χ3v) is 3.48. The van der Waals surface area contributed by atoms with Crippen molar-refractivity contribution in [3.05, 3.63) is 29.6 Å². The summed E-state index contributed by atoms with van der Waals surface area (Å²) in [6, 6.07) is 1.94. The second-order valence-electron chi connectivity index (χ2n) is 5.17. The molecule has 1 aromatic carbocycles. The molecule has 126 valence electrons. The number of aliphatic hydroxyl groups excluding tert-OH is 1. The zero-order valence-corrected chi connectivity index (χ0v) is 11.9. The number of rotatable bonds is 1. The van der Waals surface area contributed by atoms with Crippen LogP contribution in [0.2, 0.25) is 0 Å². The Hall–Kier alpha value is -2.16. The van der Waals surface area contributed by atoms with Crippen LogP contribution in [0.15, 0.2) is 18.2 Å². The highest BCUT2D eigenvalue weighted by molar-refractivity contribution is 6.39. The fraction of sp³-hybridized carbons (Fsp3) is 0.429. The van der Waals surface area contributed by atoms with E-state index in [1.807, 2.05) is 5.32 Å². The molecule has 23 heavy (non-hydrogen) atoms. The molecule has 0 saturated carbocycles. The average Bonchev–Trinajstić information content (AvgIpc) is 2.48. The van der Waals surface area contributed by atoms with E-state index in [1.165, 1.54) is 4.90 Å². The van der Waals surface area contributed by atoms with Gasteiger partial charge in [0.15, 0.2) is 0 Å². The minimum atomic E-state index is -4.90. The normalized spacial score (nSPS) is 16.3. The molecule has 0 aliphatic carbocycles. The zero-order valence-electron chi connectivity index (χ0n) is 11.9. The van der Waals surface area contributed by atoms with Crippen LogP contribution in [0.4, 0.5) is 23.2 Å². The van der Waals surface area contributed by atoms with Gasteiger partial charge >= 0.3 is 18.0 Å². The van der Waals surface area contributed by atoms with E-state index in [9.17, 15) is 32.3 Å². The summed E-state index contributed by atoms with van der Waals surface area (Å²) in [5.74, 6) is -3.48. The van der Waals surface area contributed by atoms with Crippen LogP contribution in [0.1, 0.15) is 18.4 Å². The second-order valence-corrected chi connectivity index (χ2v) is 5.17. The van der Waals surface area contributed by atoms with Crippen molar-refractivity contribution in [1.29, 1.82) is 0 Å². The number of piperidine rings is 1. The minimum absolute atomic E-state index is 0.185. The number of aliphatic hydroxyl groups is 1. The molecule has 1 aliphatic rings. The molecular weight excluding hydrogens is 320 g/mol. The van der Waals surface area contributed by atoms with Crippen LogP contribution >= 0.6 is 0 Å². The van der Waals surface area contributed by atoms with E-state index in [1.54, 1.807) is 0 Å². The lowest BCUT2D eigenvalue weighted by molar-refractivity contribution is -0.144. The SMILES string of the molecule is O=C(Nc1ccc(F)c(C(F)(F)F)c1)C(=O)N1CCC(O)CC1. The molecular formula is C14H14F4N2O3. The van der Waals surface area contributed by atoms with Gasteiger partial charge in [-0.2, -0.15) is 13.2 Å². The van der Waals surface area contributed by atoms with Gasteiger partial charge in [-0.05, 0) is 31.0 Å². The maximum Gasteiger partial charge on any atom is 0.419 e. The number of likely N-dealkylation sites (tertiary alicyclic amines) is 1. The Morgan fingerprint density at radius 1 is 1.22 bits per heavy atom. The number of hydrogen-bond donors (Lipinski definition) is 2. The number of carbonyl (C=O) groups is 2. The molecule has 1 aliphatic heterocycles. The minimum Gasteiger partial charge on any atom is -0.393 e. The first-order valence-corrected chi connectivity index (χ1v) is 6.83. The van der Waals surface area contributed by atoms with E-state index < -0.39 is 35.5 Å². The molecule has 2 amide bonds. The van der Waals surface area contributed by atoms with Crippen LogP contribution in [0.3, 0.4) is 0 Å². The monoisotopic (exact) mass is 334 g/mol. The number of carbonyl (C=O) groups excluding carboxylic acids is 2. The zero-order chi connectivity index (χ0) is 17.2. The number of hydrogen-bond acceptors (Lipinski definition) is 3. The molecule has 0 spiro atoms.